The van der Waals surface area contributed by atoms with Gasteiger partial charge in [-0.05, 0) is 12.8 Å². The highest BCUT2D eigenvalue weighted by atomic mass is 16.5. The Balaban J connectivity index is 3.05. The number of nitriles is 1. The van der Waals surface area contributed by atoms with Crippen LogP contribution in [-0.4, -0.2) is 13.1 Å². The van der Waals surface area contributed by atoms with E-state index in [1.807, 2.05) is 6.07 Å². The SMILES string of the molecule is COC(=O)CCC[CH]C#N. The van der Waals surface area contributed by atoms with E-state index in [0.29, 0.717) is 19.3 Å². The van der Waals surface area contributed by atoms with Crippen molar-refractivity contribution in [3.05, 3.63) is 6.42 Å². The van der Waals surface area contributed by atoms with Gasteiger partial charge in [0.05, 0.1) is 19.6 Å². The summed E-state index contributed by atoms with van der Waals surface area (Å²) in [5, 5.41) is 8.07. The lowest BCUT2D eigenvalue weighted by Gasteiger charge is -1.94. The van der Waals surface area contributed by atoms with Gasteiger partial charge in [0, 0.05) is 6.42 Å². The number of unbranched alkanes of at least 4 members (excludes halogenated alkanes) is 2. The fraction of sp³-hybridized carbons (Fsp3) is 0.571. The van der Waals surface area contributed by atoms with Crippen LogP contribution >= 0.6 is 0 Å². The van der Waals surface area contributed by atoms with Crippen molar-refractivity contribution >= 4 is 5.97 Å². The van der Waals surface area contributed by atoms with Crippen molar-refractivity contribution in [3.8, 4) is 6.07 Å². The number of methoxy groups -OCH3 is 1. The van der Waals surface area contributed by atoms with Gasteiger partial charge in [-0.25, -0.2) is 0 Å². The molecule has 0 aliphatic carbocycles. The van der Waals surface area contributed by atoms with Crippen LogP contribution < -0.4 is 0 Å². The lowest BCUT2D eigenvalue weighted by molar-refractivity contribution is -0.140. The molecule has 0 unspecified atom stereocenters. The van der Waals surface area contributed by atoms with E-state index in [1.54, 1.807) is 0 Å². The molecular weight excluding hydrogens is 130 g/mol. The van der Waals surface area contributed by atoms with Gasteiger partial charge in [-0.1, -0.05) is 0 Å². The summed E-state index contributed by atoms with van der Waals surface area (Å²) in [4.78, 5) is 10.5. The third-order valence-electron chi connectivity index (χ3n) is 1.05. The van der Waals surface area contributed by atoms with Crippen molar-refractivity contribution in [1.29, 1.82) is 5.26 Å². The first-order valence-electron chi connectivity index (χ1n) is 3.09. The van der Waals surface area contributed by atoms with Crippen molar-refractivity contribution in [2.24, 2.45) is 0 Å². The van der Waals surface area contributed by atoms with Crippen molar-refractivity contribution < 1.29 is 9.53 Å². The quantitative estimate of drug-likeness (QED) is 0.433. The molecule has 3 nitrogen and oxygen atoms in total. The zero-order chi connectivity index (χ0) is 7.82. The zero-order valence-corrected chi connectivity index (χ0v) is 5.96. The summed E-state index contributed by atoms with van der Waals surface area (Å²) in [5.41, 5.74) is 0. The molecular formula is C7H10NO2. The van der Waals surface area contributed by atoms with Gasteiger partial charge in [-0.15, -0.1) is 0 Å². The molecule has 0 saturated carbocycles. The first kappa shape index (κ1) is 8.96. The van der Waals surface area contributed by atoms with Crippen LogP contribution in [0.25, 0.3) is 0 Å². The first-order valence-corrected chi connectivity index (χ1v) is 3.09. The van der Waals surface area contributed by atoms with Gasteiger partial charge in [0.1, 0.15) is 0 Å². The first-order chi connectivity index (χ1) is 4.81. The minimum absolute atomic E-state index is 0.216. The molecule has 0 fully saturated rings. The summed E-state index contributed by atoms with van der Waals surface area (Å²) in [6, 6.07) is 1.88. The maximum atomic E-state index is 10.5. The van der Waals surface area contributed by atoms with Gasteiger partial charge in [-0.2, -0.15) is 5.26 Å². The van der Waals surface area contributed by atoms with Crippen LogP contribution in [-0.2, 0) is 9.53 Å². The Morgan fingerprint density at radius 1 is 1.80 bits per heavy atom. The molecule has 0 aliphatic rings. The Hall–Kier alpha value is -1.04. The highest BCUT2D eigenvalue weighted by Crippen LogP contribution is 1.98. The van der Waals surface area contributed by atoms with E-state index in [-0.39, 0.29) is 5.97 Å². The molecule has 3 heteroatoms. The summed E-state index contributed by atoms with van der Waals surface area (Å²) in [7, 11) is 1.36. The number of carbonyl (C=O) groups is 1. The van der Waals surface area contributed by atoms with E-state index in [2.05, 4.69) is 4.74 Å². The Kier molecular flexibility index (Phi) is 5.45. The summed E-state index contributed by atoms with van der Waals surface area (Å²) >= 11 is 0. The Labute approximate surface area is 60.6 Å². The topological polar surface area (TPSA) is 50.1 Å². The van der Waals surface area contributed by atoms with Gasteiger partial charge in [0.15, 0.2) is 0 Å². The normalized spacial score (nSPS) is 8.40. The van der Waals surface area contributed by atoms with Gasteiger partial charge in [0.2, 0.25) is 0 Å². The molecule has 0 amide bonds. The fourth-order valence-corrected chi connectivity index (χ4v) is 0.515. The molecule has 0 aromatic carbocycles. The second kappa shape index (κ2) is 6.09. The lowest BCUT2D eigenvalue weighted by Crippen LogP contribution is -1.98. The monoisotopic (exact) mass is 140 g/mol. The third kappa shape index (κ3) is 5.10. The molecule has 0 rings (SSSR count). The van der Waals surface area contributed by atoms with Crippen LogP contribution in [0.5, 0.6) is 0 Å². The van der Waals surface area contributed by atoms with Crippen molar-refractivity contribution in [2.75, 3.05) is 7.11 Å². The second-order valence-corrected chi connectivity index (χ2v) is 1.80. The van der Waals surface area contributed by atoms with Crippen LogP contribution in [0, 0.1) is 17.8 Å². The number of nitrogens with zero attached hydrogens (tertiary/aromatic N) is 1. The fourth-order valence-electron chi connectivity index (χ4n) is 0.515. The molecule has 0 aliphatic heterocycles. The predicted octanol–water partition coefficient (Wildman–Crippen LogP) is 1.06. The van der Waals surface area contributed by atoms with Crippen molar-refractivity contribution in [3.63, 3.8) is 0 Å². The largest absolute Gasteiger partial charge is 0.469 e. The standard InChI is InChI=1S/C7H10NO2/c1-10-7(9)5-3-2-4-6-8/h4H,2-3,5H2,1H3. The Bertz CT molecular complexity index is 137. The van der Waals surface area contributed by atoms with Gasteiger partial charge in [0.25, 0.3) is 0 Å². The minimum atomic E-state index is -0.216. The molecule has 0 saturated heterocycles. The molecule has 0 bridgehead atoms. The molecule has 0 heterocycles. The lowest BCUT2D eigenvalue weighted by atomic mass is 10.2. The number of hydrogen-bond donors (Lipinski definition) is 0. The van der Waals surface area contributed by atoms with Crippen molar-refractivity contribution in [2.45, 2.75) is 19.3 Å². The zero-order valence-electron chi connectivity index (χ0n) is 5.96. The van der Waals surface area contributed by atoms with E-state index >= 15 is 0 Å². The second-order valence-electron chi connectivity index (χ2n) is 1.80. The summed E-state index contributed by atoms with van der Waals surface area (Å²) in [6.45, 7) is 0. The van der Waals surface area contributed by atoms with Crippen LogP contribution in [0.15, 0.2) is 0 Å². The van der Waals surface area contributed by atoms with E-state index in [9.17, 15) is 4.79 Å². The molecule has 0 atom stereocenters. The molecule has 0 aromatic rings. The highest BCUT2D eigenvalue weighted by molar-refractivity contribution is 5.68. The van der Waals surface area contributed by atoms with E-state index in [1.165, 1.54) is 13.5 Å². The summed E-state index contributed by atoms with van der Waals surface area (Å²) < 4.78 is 4.39. The number of rotatable bonds is 4. The molecule has 1 radical (unpaired) electrons. The maximum Gasteiger partial charge on any atom is 0.305 e. The molecule has 0 spiro atoms. The van der Waals surface area contributed by atoms with Crippen LogP contribution in [0.3, 0.4) is 0 Å². The number of hydrogen-bond acceptors (Lipinski definition) is 3. The van der Waals surface area contributed by atoms with Gasteiger partial charge >= 0.3 is 5.97 Å². The van der Waals surface area contributed by atoms with E-state index in [0.717, 1.165) is 0 Å². The van der Waals surface area contributed by atoms with E-state index < -0.39 is 0 Å². The molecule has 0 aromatic heterocycles. The molecule has 55 valence electrons. The average molecular weight is 140 g/mol. The van der Waals surface area contributed by atoms with Crippen LogP contribution in [0.1, 0.15) is 19.3 Å². The highest BCUT2D eigenvalue weighted by Gasteiger charge is 1.97. The number of esters is 1. The number of ether oxygens (including phenoxy) is 1. The minimum Gasteiger partial charge on any atom is -0.469 e. The third-order valence-corrected chi connectivity index (χ3v) is 1.05. The summed E-state index contributed by atoms with van der Waals surface area (Å²) in [5.74, 6) is -0.216. The Morgan fingerprint density at radius 3 is 3.00 bits per heavy atom. The van der Waals surface area contributed by atoms with Gasteiger partial charge < -0.3 is 4.74 Å². The van der Waals surface area contributed by atoms with Crippen LogP contribution in [0.2, 0.25) is 0 Å². The predicted molar refractivity (Wildman–Crippen MR) is 35.8 cm³/mol. The Morgan fingerprint density at radius 2 is 2.50 bits per heavy atom. The van der Waals surface area contributed by atoms with E-state index in [4.69, 9.17) is 5.26 Å². The summed E-state index contributed by atoms with van der Waals surface area (Å²) in [6.07, 6.45) is 3.23. The molecule has 0 N–H and O–H groups in total. The smallest absolute Gasteiger partial charge is 0.305 e. The number of carbonyl (C=O) groups excluding carboxylic acids is 1. The average Bonchev–Trinajstić information content (AvgIpc) is 1.98. The van der Waals surface area contributed by atoms with Crippen molar-refractivity contribution in [1.82, 2.24) is 0 Å². The van der Waals surface area contributed by atoms with Crippen LogP contribution in [0.4, 0.5) is 0 Å². The maximum absolute atomic E-state index is 10.5. The molecule has 10 heavy (non-hydrogen) atoms. The van der Waals surface area contributed by atoms with Gasteiger partial charge in [-0.3, -0.25) is 4.79 Å².